The second kappa shape index (κ2) is 5.45. The standard InChI is InChI=1S/C11H6Br2N2O3/c12-6-1-2-9(8(13)5-6)18-10-7(11(16)17)3-4-14-15-10/h1-5H,(H,16,17). The zero-order valence-corrected chi connectivity index (χ0v) is 12.0. The molecule has 2 aromatic rings. The van der Waals surface area contributed by atoms with E-state index in [1.54, 1.807) is 18.2 Å². The Morgan fingerprint density at radius 1 is 1.28 bits per heavy atom. The van der Waals surface area contributed by atoms with Gasteiger partial charge in [0, 0.05) is 4.47 Å². The SMILES string of the molecule is O=C(O)c1ccnnc1Oc1ccc(Br)cc1Br. The Morgan fingerprint density at radius 2 is 2.06 bits per heavy atom. The summed E-state index contributed by atoms with van der Waals surface area (Å²) in [6.07, 6.45) is 1.30. The second-order valence-corrected chi connectivity index (χ2v) is 5.00. The first-order valence-corrected chi connectivity index (χ1v) is 6.34. The molecule has 2 rings (SSSR count). The van der Waals surface area contributed by atoms with Gasteiger partial charge >= 0.3 is 5.97 Å². The van der Waals surface area contributed by atoms with Gasteiger partial charge < -0.3 is 9.84 Å². The van der Waals surface area contributed by atoms with Crippen LogP contribution >= 0.6 is 31.9 Å². The van der Waals surface area contributed by atoms with E-state index in [9.17, 15) is 4.79 Å². The zero-order valence-electron chi connectivity index (χ0n) is 8.80. The molecule has 1 heterocycles. The first-order chi connectivity index (χ1) is 8.58. The van der Waals surface area contributed by atoms with E-state index in [0.717, 1.165) is 4.47 Å². The van der Waals surface area contributed by atoms with Crippen molar-refractivity contribution in [2.24, 2.45) is 0 Å². The Bertz CT molecular complexity index is 605. The largest absolute Gasteiger partial charge is 0.477 e. The van der Waals surface area contributed by atoms with Gasteiger partial charge in [-0.3, -0.25) is 0 Å². The normalized spacial score (nSPS) is 10.1. The number of halogens is 2. The maximum absolute atomic E-state index is 11.0. The van der Waals surface area contributed by atoms with Crippen LogP contribution in [0.5, 0.6) is 11.6 Å². The third-order valence-corrected chi connectivity index (χ3v) is 3.13. The average molecular weight is 374 g/mol. The highest BCUT2D eigenvalue weighted by Crippen LogP contribution is 2.32. The summed E-state index contributed by atoms with van der Waals surface area (Å²) in [6, 6.07) is 6.58. The molecule has 0 spiro atoms. The van der Waals surface area contributed by atoms with E-state index in [0.29, 0.717) is 10.2 Å². The highest BCUT2D eigenvalue weighted by atomic mass is 79.9. The molecule has 5 nitrogen and oxygen atoms in total. The Morgan fingerprint density at radius 3 is 2.72 bits per heavy atom. The molecule has 0 fully saturated rings. The van der Waals surface area contributed by atoms with Crippen LogP contribution in [-0.4, -0.2) is 21.3 Å². The predicted molar refractivity (Wildman–Crippen MR) is 70.9 cm³/mol. The van der Waals surface area contributed by atoms with Crippen LogP contribution in [0.25, 0.3) is 0 Å². The fourth-order valence-corrected chi connectivity index (χ4v) is 2.35. The van der Waals surface area contributed by atoms with Gasteiger partial charge in [-0.2, -0.15) is 5.10 Å². The summed E-state index contributed by atoms with van der Waals surface area (Å²) in [5.41, 5.74) is -0.0418. The average Bonchev–Trinajstić information content (AvgIpc) is 2.33. The molecule has 0 unspecified atom stereocenters. The topological polar surface area (TPSA) is 72.3 Å². The molecular weight excluding hydrogens is 368 g/mol. The minimum atomic E-state index is -1.12. The summed E-state index contributed by atoms with van der Waals surface area (Å²) < 4.78 is 6.99. The smallest absolute Gasteiger partial charge is 0.341 e. The van der Waals surface area contributed by atoms with Gasteiger partial charge in [0.05, 0.1) is 10.7 Å². The summed E-state index contributed by atoms with van der Waals surface area (Å²) in [7, 11) is 0. The van der Waals surface area contributed by atoms with Gasteiger partial charge in [-0.05, 0) is 40.2 Å². The van der Waals surface area contributed by atoms with E-state index in [1.807, 2.05) is 0 Å². The van der Waals surface area contributed by atoms with Crippen molar-refractivity contribution in [1.29, 1.82) is 0 Å². The summed E-state index contributed by atoms with van der Waals surface area (Å²) in [6.45, 7) is 0. The highest BCUT2D eigenvalue weighted by Gasteiger charge is 2.14. The van der Waals surface area contributed by atoms with Crippen LogP contribution in [0.1, 0.15) is 10.4 Å². The van der Waals surface area contributed by atoms with Gasteiger partial charge in [-0.15, -0.1) is 5.10 Å². The van der Waals surface area contributed by atoms with Crippen molar-refractivity contribution in [2.45, 2.75) is 0 Å². The van der Waals surface area contributed by atoms with Crippen molar-refractivity contribution < 1.29 is 14.6 Å². The van der Waals surface area contributed by atoms with Gasteiger partial charge in [0.15, 0.2) is 0 Å². The quantitative estimate of drug-likeness (QED) is 0.891. The third kappa shape index (κ3) is 2.85. The van der Waals surface area contributed by atoms with Gasteiger partial charge in [-0.25, -0.2) is 4.79 Å². The minimum absolute atomic E-state index is 0.0418. The molecular formula is C11H6Br2N2O3. The molecule has 0 aliphatic carbocycles. The molecule has 1 aromatic heterocycles. The van der Waals surface area contributed by atoms with Gasteiger partial charge in [0.1, 0.15) is 11.3 Å². The molecule has 0 atom stereocenters. The van der Waals surface area contributed by atoms with Gasteiger partial charge in [0.25, 0.3) is 5.88 Å². The summed E-state index contributed by atoms with van der Waals surface area (Å²) in [5, 5.41) is 16.3. The van der Waals surface area contributed by atoms with Gasteiger partial charge in [-0.1, -0.05) is 15.9 Å². The van der Waals surface area contributed by atoms with Crippen LogP contribution in [0.4, 0.5) is 0 Å². The molecule has 1 N–H and O–H groups in total. The van der Waals surface area contributed by atoms with Crippen molar-refractivity contribution >= 4 is 37.8 Å². The zero-order chi connectivity index (χ0) is 13.1. The van der Waals surface area contributed by atoms with Crippen LogP contribution in [-0.2, 0) is 0 Å². The first kappa shape index (κ1) is 13.0. The fourth-order valence-electron chi connectivity index (χ4n) is 1.22. The number of hydrogen-bond acceptors (Lipinski definition) is 4. The number of nitrogens with zero attached hydrogens (tertiary/aromatic N) is 2. The van der Waals surface area contributed by atoms with Crippen molar-refractivity contribution in [2.75, 3.05) is 0 Å². The second-order valence-electron chi connectivity index (χ2n) is 3.23. The summed E-state index contributed by atoms with van der Waals surface area (Å²) >= 11 is 6.63. The number of benzene rings is 1. The number of aromatic carboxylic acids is 1. The number of rotatable bonds is 3. The van der Waals surface area contributed by atoms with E-state index in [1.165, 1.54) is 12.3 Å². The Hall–Kier alpha value is -1.47. The molecule has 1 aromatic carbocycles. The Labute approximate surface area is 119 Å². The lowest BCUT2D eigenvalue weighted by Crippen LogP contribution is -2.03. The van der Waals surface area contributed by atoms with Crippen LogP contribution in [0, 0.1) is 0 Å². The molecule has 7 heteroatoms. The van der Waals surface area contributed by atoms with Crippen molar-refractivity contribution in [3.8, 4) is 11.6 Å². The minimum Gasteiger partial charge on any atom is -0.477 e. The van der Waals surface area contributed by atoms with Crippen LogP contribution in [0.3, 0.4) is 0 Å². The fraction of sp³-hybridized carbons (Fsp3) is 0. The van der Waals surface area contributed by atoms with Crippen LogP contribution in [0.2, 0.25) is 0 Å². The van der Waals surface area contributed by atoms with E-state index < -0.39 is 5.97 Å². The predicted octanol–water partition coefficient (Wildman–Crippen LogP) is 3.49. The lowest BCUT2D eigenvalue weighted by molar-refractivity contribution is 0.0693. The molecule has 0 radical (unpaired) electrons. The molecule has 0 bridgehead atoms. The molecule has 0 aliphatic heterocycles. The van der Waals surface area contributed by atoms with E-state index in [-0.39, 0.29) is 11.4 Å². The van der Waals surface area contributed by atoms with E-state index in [4.69, 9.17) is 9.84 Å². The Kier molecular flexibility index (Phi) is 3.93. The third-order valence-electron chi connectivity index (χ3n) is 2.02. The summed E-state index contributed by atoms with van der Waals surface area (Å²) in [5.74, 6) is -0.706. The highest BCUT2D eigenvalue weighted by molar-refractivity contribution is 9.11. The molecule has 0 saturated heterocycles. The van der Waals surface area contributed by atoms with E-state index in [2.05, 4.69) is 42.1 Å². The van der Waals surface area contributed by atoms with Crippen molar-refractivity contribution in [1.82, 2.24) is 10.2 Å². The number of hydrogen-bond donors (Lipinski definition) is 1. The number of carbonyl (C=O) groups is 1. The number of ether oxygens (including phenoxy) is 1. The number of carboxylic acids is 1. The Balaban J connectivity index is 2.37. The van der Waals surface area contributed by atoms with Crippen molar-refractivity contribution in [3.63, 3.8) is 0 Å². The summed E-state index contributed by atoms with van der Waals surface area (Å²) in [4.78, 5) is 11.0. The molecule has 92 valence electrons. The maximum Gasteiger partial charge on any atom is 0.341 e. The molecule has 0 saturated carbocycles. The molecule has 0 amide bonds. The lowest BCUT2D eigenvalue weighted by Gasteiger charge is -2.08. The molecule has 0 aliphatic rings. The first-order valence-electron chi connectivity index (χ1n) is 4.76. The van der Waals surface area contributed by atoms with E-state index >= 15 is 0 Å². The number of carboxylic acid groups (broad SMARTS) is 1. The van der Waals surface area contributed by atoms with Crippen LogP contribution < -0.4 is 4.74 Å². The van der Waals surface area contributed by atoms with Gasteiger partial charge in [0.2, 0.25) is 0 Å². The van der Waals surface area contributed by atoms with Crippen molar-refractivity contribution in [3.05, 3.63) is 45.0 Å². The van der Waals surface area contributed by atoms with Crippen LogP contribution in [0.15, 0.2) is 39.4 Å². The molecule has 18 heavy (non-hydrogen) atoms. The lowest BCUT2D eigenvalue weighted by atomic mass is 10.3. The monoisotopic (exact) mass is 372 g/mol. The number of aromatic nitrogens is 2. The maximum atomic E-state index is 11.0.